The van der Waals surface area contributed by atoms with Gasteiger partial charge in [-0.05, 0) is 164 Å². The zero-order chi connectivity index (χ0) is 56.1. The highest BCUT2D eigenvalue weighted by Crippen LogP contribution is 2.60. The SMILES string of the molecule is CNCC1=C2C#CC(CCc3ccc(O)c(Cc4cccc(O)c4)c3)CCCC3CC(O)C4C=Cc5c(c(CO)cc(O)c5OCc5cc(C67CCOC8(CCCCC8)C6CCc6ccccc67)cc6cn(cc56)C(=C2CO3)NC1N)C4. The van der Waals surface area contributed by atoms with Gasteiger partial charge < -0.3 is 60.7 Å². The molecule has 8 aliphatic rings. The van der Waals surface area contributed by atoms with Crippen LogP contribution < -0.4 is 21.1 Å². The highest BCUT2D eigenvalue weighted by Gasteiger charge is 2.58. The van der Waals surface area contributed by atoms with Crippen molar-refractivity contribution in [2.45, 2.75) is 145 Å². The summed E-state index contributed by atoms with van der Waals surface area (Å²) in [6.07, 6.45) is 20.6. The van der Waals surface area contributed by atoms with Crippen molar-refractivity contribution in [2.24, 2.45) is 23.5 Å². The number of fused-ring (bicyclic) bond motifs is 6. The summed E-state index contributed by atoms with van der Waals surface area (Å²) in [5, 5.41) is 65.3. The molecule has 5 aromatic carbocycles. The molecule has 1 spiro atoms. The van der Waals surface area contributed by atoms with Crippen LogP contribution in [0.4, 0.5) is 0 Å². The number of nitrogens with one attached hydrogen (secondary N) is 2. The molecule has 12 heteroatoms. The maximum absolute atomic E-state index is 12.3. The molecule has 1 saturated carbocycles. The normalized spacial score (nSPS) is 25.8. The molecule has 7 atom stereocenters. The van der Waals surface area contributed by atoms with E-state index in [0.717, 1.165) is 124 Å². The predicted octanol–water partition coefficient (Wildman–Crippen LogP) is 10.7. The quantitative estimate of drug-likeness (QED) is 0.0645. The Bertz CT molecular complexity index is 3570. The number of ether oxygens (including phenoxy) is 3. The molecule has 0 radical (unpaired) electrons. The Morgan fingerprint density at radius 3 is 2.59 bits per heavy atom. The molecule has 12 nitrogen and oxygen atoms in total. The first kappa shape index (κ1) is 54.4. The first-order valence-corrected chi connectivity index (χ1v) is 30.2. The number of aromatic nitrogens is 1. The molecule has 1 aromatic heterocycles. The molecule has 8 bridgehead atoms. The van der Waals surface area contributed by atoms with Gasteiger partial charge in [0.1, 0.15) is 30.1 Å². The minimum Gasteiger partial charge on any atom is -0.508 e. The Balaban J connectivity index is 0.962. The Morgan fingerprint density at radius 1 is 0.854 bits per heavy atom. The number of hydrogen-bond donors (Lipinski definition) is 8. The smallest absolute Gasteiger partial charge is 0.168 e. The Morgan fingerprint density at radius 2 is 1.73 bits per heavy atom. The molecule has 1 saturated heterocycles. The van der Waals surface area contributed by atoms with E-state index in [4.69, 9.17) is 19.9 Å². The van der Waals surface area contributed by atoms with E-state index in [2.05, 4.69) is 81.9 Å². The number of nitrogens with zero attached hydrogens (tertiary/aromatic N) is 1. The van der Waals surface area contributed by atoms with Crippen molar-refractivity contribution in [1.82, 2.24) is 15.2 Å². The van der Waals surface area contributed by atoms with E-state index in [-0.39, 0.29) is 71.9 Å². The summed E-state index contributed by atoms with van der Waals surface area (Å²) >= 11 is 0. The van der Waals surface area contributed by atoms with Crippen molar-refractivity contribution < 1.29 is 39.7 Å². The molecule has 3 aliphatic carbocycles. The zero-order valence-corrected chi connectivity index (χ0v) is 47.2. The third kappa shape index (κ3) is 10.1. The predicted molar refractivity (Wildman–Crippen MR) is 320 cm³/mol. The van der Waals surface area contributed by atoms with Gasteiger partial charge in [0.05, 0.1) is 31.0 Å². The first-order chi connectivity index (χ1) is 40.0. The van der Waals surface area contributed by atoms with Gasteiger partial charge in [-0.25, -0.2) is 0 Å². The second-order valence-electron chi connectivity index (χ2n) is 24.6. The number of dihydropyridines is 1. The van der Waals surface area contributed by atoms with Crippen LogP contribution in [0.25, 0.3) is 22.7 Å². The highest BCUT2D eigenvalue weighted by molar-refractivity contribution is 5.89. The number of benzene rings is 5. The summed E-state index contributed by atoms with van der Waals surface area (Å²) < 4.78 is 23.4. The van der Waals surface area contributed by atoms with E-state index in [1.165, 1.54) is 36.0 Å². The average Bonchev–Trinajstić information content (AvgIpc) is 2.18. The van der Waals surface area contributed by atoms with E-state index in [0.29, 0.717) is 50.1 Å². The fraction of sp³-hybridized carbons (Fsp3) is 0.429. The Labute approximate surface area is 481 Å². The van der Waals surface area contributed by atoms with Gasteiger partial charge >= 0.3 is 0 Å². The molecular formula is C70H78N4O8. The van der Waals surface area contributed by atoms with E-state index < -0.39 is 12.3 Å². The number of phenols is 3. The molecule has 7 unspecified atom stereocenters. The number of aliphatic hydroxyl groups is 2. The monoisotopic (exact) mass is 1100 g/mol. The number of aromatic hydroxyl groups is 3. The summed E-state index contributed by atoms with van der Waals surface area (Å²) in [6, 6.07) is 28.6. The van der Waals surface area contributed by atoms with Crippen LogP contribution in [0.5, 0.6) is 23.0 Å². The third-order valence-electron chi connectivity index (χ3n) is 19.7. The lowest BCUT2D eigenvalue weighted by Crippen LogP contribution is -2.59. The van der Waals surface area contributed by atoms with E-state index in [1.807, 2.05) is 37.4 Å². The number of nitrogens with two attached hydrogens (primary N) is 1. The molecule has 0 amide bonds. The standard InChI is InChI=1S/C70H78N4O8/c1-72-37-58-55-21-17-43(15-16-44-18-23-62(77)48(29-44)30-45-10-7-12-53(76)31-45)9-8-13-54-36-63(78)47-19-22-56-57(34-47)50(40-75)35-64(79)66(56)81-41-51-33-52(32-49-38-74(39-59(49)51)68(73-67(58)71)60(55)42-80-54)70-27-28-82-69(25-5-2-6-26-69)65(70)24-20-46-11-3-4-14-61(46)70/h3-4,7,10-12,14,18-19,22-23,29,31-33,35,38-39,43,47,54,63,65,67,72-73,75-79H,2,5-6,8-9,13,15-16,20,24-28,30,34,36-37,40-42,71H2,1H3. The second-order valence-corrected chi connectivity index (χ2v) is 24.6. The van der Waals surface area contributed by atoms with Crippen LogP contribution >= 0.6 is 0 Å². The van der Waals surface area contributed by atoms with Crippen molar-refractivity contribution in [3.63, 3.8) is 0 Å². The van der Waals surface area contributed by atoms with Crippen molar-refractivity contribution in [1.29, 1.82) is 0 Å². The minimum absolute atomic E-state index is 0.00856. The maximum Gasteiger partial charge on any atom is 0.168 e. The van der Waals surface area contributed by atoms with Crippen LogP contribution in [0.1, 0.15) is 133 Å². The molecular weight excluding hydrogens is 1020 g/mol. The number of phenolic OH excluding ortho intramolecular Hbond substituents is 3. The fourth-order valence-corrected chi connectivity index (χ4v) is 15.7. The van der Waals surface area contributed by atoms with Gasteiger partial charge in [-0.2, -0.15) is 0 Å². The van der Waals surface area contributed by atoms with Gasteiger partial charge in [0.25, 0.3) is 0 Å². The number of aliphatic hydroxyl groups excluding tert-OH is 2. The topological polar surface area (TPSA) is 184 Å². The number of rotatable bonds is 9. The van der Waals surface area contributed by atoms with Gasteiger partial charge in [0.2, 0.25) is 0 Å². The summed E-state index contributed by atoms with van der Waals surface area (Å²) in [4.78, 5) is 0. The van der Waals surface area contributed by atoms with Crippen LogP contribution in [0.3, 0.4) is 0 Å². The summed E-state index contributed by atoms with van der Waals surface area (Å²) in [5.74, 6) is 9.13. The van der Waals surface area contributed by atoms with Gasteiger partial charge in [-0.15, -0.1) is 0 Å². The summed E-state index contributed by atoms with van der Waals surface area (Å²) in [6.45, 7) is 1.31. The lowest BCUT2D eigenvalue weighted by atomic mass is 9.51. The van der Waals surface area contributed by atoms with Crippen molar-refractivity contribution >= 4 is 22.7 Å². The molecule has 9 N–H and O–H groups in total. The Hall–Kier alpha value is -6.82. The van der Waals surface area contributed by atoms with E-state index in [9.17, 15) is 25.5 Å². The summed E-state index contributed by atoms with van der Waals surface area (Å²) in [5.41, 5.74) is 19.5. The van der Waals surface area contributed by atoms with Crippen LogP contribution in [0, 0.1) is 29.6 Å². The number of hydrogen-bond acceptors (Lipinski definition) is 11. The average molecular weight is 1100 g/mol. The van der Waals surface area contributed by atoms with Crippen LogP contribution in [0.15, 0.2) is 120 Å². The van der Waals surface area contributed by atoms with E-state index in [1.54, 1.807) is 24.3 Å². The largest absolute Gasteiger partial charge is 0.508 e. The molecule has 6 heterocycles. The zero-order valence-electron chi connectivity index (χ0n) is 47.2. The van der Waals surface area contributed by atoms with Gasteiger partial charge in [0.15, 0.2) is 11.5 Å². The molecule has 14 rings (SSSR count). The lowest BCUT2D eigenvalue weighted by molar-refractivity contribution is -0.166. The van der Waals surface area contributed by atoms with Gasteiger partial charge in [-0.3, -0.25) is 0 Å². The maximum atomic E-state index is 12.3. The molecule has 5 aliphatic heterocycles. The van der Waals surface area contributed by atoms with Crippen molar-refractivity contribution in [3.05, 3.63) is 176 Å². The lowest BCUT2D eigenvalue weighted by Gasteiger charge is -2.59. The highest BCUT2D eigenvalue weighted by atomic mass is 16.5. The van der Waals surface area contributed by atoms with Crippen molar-refractivity contribution in [2.75, 3.05) is 26.8 Å². The number of aryl methyl sites for hydroxylation is 2. The first-order valence-electron chi connectivity index (χ1n) is 30.2. The van der Waals surface area contributed by atoms with Crippen LogP contribution in [-0.4, -0.2) is 80.9 Å². The van der Waals surface area contributed by atoms with Crippen molar-refractivity contribution in [3.8, 4) is 34.8 Å². The Kier molecular flexibility index (Phi) is 15.1. The minimum atomic E-state index is -0.770. The van der Waals surface area contributed by atoms with Gasteiger partial charge in [0, 0.05) is 89.0 Å². The summed E-state index contributed by atoms with van der Waals surface area (Å²) in [7, 11) is 1.93. The van der Waals surface area contributed by atoms with Crippen LogP contribution in [0.2, 0.25) is 0 Å². The molecule has 82 heavy (non-hydrogen) atoms. The molecule has 426 valence electrons. The second kappa shape index (κ2) is 22.7. The number of likely N-dealkylation sites (N-methyl/N-ethyl adjacent to an activating group) is 1. The molecule has 2 fully saturated rings. The van der Waals surface area contributed by atoms with E-state index >= 15 is 0 Å². The fourth-order valence-electron chi connectivity index (χ4n) is 15.7. The third-order valence-corrected chi connectivity index (χ3v) is 19.7. The van der Waals surface area contributed by atoms with Gasteiger partial charge in [-0.1, -0.05) is 97.9 Å². The molecule has 6 aromatic rings. The van der Waals surface area contributed by atoms with Crippen LogP contribution in [-0.2, 0) is 53.8 Å².